The van der Waals surface area contributed by atoms with Crippen molar-refractivity contribution in [2.45, 2.75) is 31.2 Å². The Morgan fingerprint density at radius 1 is 1.20 bits per heavy atom. The molecule has 1 aliphatic heterocycles. The molecule has 0 aliphatic carbocycles. The van der Waals surface area contributed by atoms with E-state index in [0.29, 0.717) is 12.1 Å². The normalized spacial score (nSPS) is 19.6. The molecule has 1 saturated heterocycles. The van der Waals surface area contributed by atoms with Crippen LogP contribution in [-0.4, -0.2) is 34.9 Å². The van der Waals surface area contributed by atoms with Crippen molar-refractivity contribution in [1.82, 2.24) is 4.90 Å². The highest BCUT2D eigenvalue weighted by molar-refractivity contribution is 5.31. The Labute approximate surface area is 115 Å². The smallest absolute Gasteiger partial charge is 0.380 e. The molecule has 0 unspecified atom stereocenters. The van der Waals surface area contributed by atoms with Gasteiger partial charge in [-0.05, 0) is 30.5 Å². The number of hydrogen-bond donors (Lipinski definition) is 1. The number of piperidine rings is 1. The van der Waals surface area contributed by atoms with Crippen LogP contribution in [-0.2, 0) is 6.54 Å². The fourth-order valence-corrected chi connectivity index (χ4v) is 2.31. The maximum atomic E-state index is 12.7. The predicted molar refractivity (Wildman–Crippen MR) is 66.7 cm³/mol. The summed E-state index contributed by atoms with van der Waals surface area (Å²) in [5, 5.41) is 18.3. The second-order valence-electron chi connectivity index (χ2n) is 5.11. The summed E-state index contributed by atoms with van der Waals surface area (Å²) in [6, 6.07) is 8.97. The average Bonchev–Trinajstić information content (AvgIpc) is 2.41. The number of benzene rings is 1. The first kappa shape index (κ1) is 14.8. The van der Waals surface area contributed by atoms with Crippen molar-refractivity contribution in [2.24, 2.45) is 0 Å². The molecule has 0 spiro atoms. The van der Waals surface area contributed by atoms with Crippen LogP contribution >= 0.6 is 0 Å². The number of likely N-dealkylation sites (tertiary alicyclic amines) is 1. The molecule has 1 aromatic rings. The lowest BCUT2D eigenvalue weighted by molar-refractivity contribution is -0.272. The van der Waals surface area contributed by atoms with E-state index in [1.54, 1.807) is 24.3 Å². The highest BCUT2D eigenvalue weighted by Gasteiger charge is 2.54. The van der Waals surface area contributed by atoms with Gasteiger partial charge >= 0.3 is 6.18 Å². The van der Waals surface area contributed by atoms with Gasteiger partial charge in [-0.2, -0.15) is 18.4 Å². The molecule has 108 valence electrons. The van der Waals surface area contributed by atoms with Gasteiger partial charge in [0.2, 0.25) is 0 Å². The van der Waals surface area contributed by atoms with Crippen LogP contribution in [0.2, 0.25) is 0 Å². The highest BCUT2D eigenvalue weighted by Crippen LogP contribution is 2.38. The Balaban J connectivity index is 1.93. The Morgan fingerprint density at radius 2 is 1.75 bits per heavy atom. The number of alkyl halides is 3. The van der Waals surface area contributed by atoms with E-state index >= 15 is 0 Å². The molecular formula is C14H15F3N2O. The number of nitriles is 1. The van der Waals surface area contributed by atoms with Gasteiger partial charge in [-0.1, -0.05) is 12.1 Å². The summed E-state index contributed by atoms with van der Waals surface area (Å²) in [4.78, 5) is 1.88. The minimum atomic E-state index is -4.56. The van der Waals surface area contributed by atoms with Crippen molar-refractivity contribution in [1.29, 1.82) is 5.26 Å². The first-order chi connectivity index (χ1) is 9.34. The summed E-state index contributed by atoms with van der Waals surface area (Å²) >= 11 is 0. The molecule has 1 heterocycles. The molecule has 0 atom stereocenters. The van der Waals surface area contributed by atoms with E-state index in [4.69, 9.17) is 5.26 Å². The lowest BCUT2D eigenvalue weighted by Gasteiger charge is -2.39. The lowest BCUT2D eigenvalue weighted by Crippen LogP contribution is -2.53. The molecule has 1 aliphatic rings. The third-order valence-corrected chi connectivity index (χ3v) is 3.70. The molecule has 0 aromatic heterocycles. The first-order valence-corrected chi connectivity index (χ1v) is 6.34. The first-order valence-electron chi connectivity index (χ1n) is 6.34. The molecule has 1 N–H and O–H groups in total. The minimum Gasteiger partial charge on any atom is -0.380 e. The summed E-state index contributed by atoms with van der Waals surface area (Å²) in [5.74, 6) is 0. The molecule has 6 heteroatoms. The summed E-state index contributed by atoms with van der Waals surface area (Å²) in [6.45, 7) is 0.936. The van der Waals surface area contributed by atoms with Gasteiger partial charge in [-0.15, -0.1) is 0 Å². The van der Waals surface area contributed by atoms with Crippen LogP contribution < -0.4 is 0 Å². The fraction of sp³-hybridized carbons (Fsp3) is 0.500. The van der Waals surface area contributed by atoms with Crippen LogP contribution in [0.15, 0.2) is 24.3 Å². The molecule has 2 rings (SSSR count). The van der Waals surface area contributed by atoms with E-state index in [2.05, 4.69) is 0 Å². The van der Waals surface area contributed by atoms with E-state index in [0.717, 1.165) is 5.56 Å². The monoisotopic (exact) mass is 284 g/mol. The van der Waals surface area contributed by atoms with Crippen LogP contribution in [0.5, 0.6) is 0 Å². The van der Waals surface area contributed by atoms with Gasteiger partial charge in [0, 0.05) is 19.6 Å². The second-order valence-corrected chi connectivity index (χ2v) is 5.11. The summed E-state index contributed by atoms with van der Waals surface area (Å²) in [7, 11) is 0. The highest BCUT2D eigenvalue weighted by atomic mass is 19.4. The SMILES string of the molecule is N#Cc1ccc(CN2CCC(O)(C(F)(F)F)CC2)cc1. The average molecular weight is 284 g/mol. The van der Waals surface area contributed by atoms with Crippen molar-refractivity contribution in [3.05, 3.63) is 35.4 Å². The van der Waals surface area contributed by atoms with Crippen LogP contribution in [0, 0.1) is 11.3 Å². The summed E-state index contributed by atoms with van der Waals surface area (Å²) in [6.07, 6.45) is -5.16. The zero-order valence-electron chi connectivity index (χ0n) is 10.8. The molecule has 20 heavy (non-hydrogen) atoms. The molecule has 1 aromatic carbocycles. The number of rotatable bonds is 2. The van der Waals surface area contributed by atoms with Crippen LogP contribution in [0.1, 0.15) is 24.0 Å². The van der Waals surface area contributed by atoms with Crippen molar-refractivity contribution < 1.29 is 18.3 Å². The number of halogens is 3. The van der Waals surface area contributed by atoms with E-state index in [-0.39, 0.29) is 25.9 Å². The topological polar surface area (TPSA) is 47.3 Å². The van der Waals surface area contributed by atoms with Crippen molar-refractivity contribution >= 4 is 0 Å². The minimum absolute atomic E-state index is 0.204. The quantitative estimate of drug-likeness (QED) is 0.907. The zero-order chi connectivity index (χ0) is 14.8. The maximum Gasteiger partial charge on any atom is 0.417 e. The Morgan fingerprint density at radius 3 is 2.20 bits per heavy atom. The predicted octanol–water partition coefficient (Wildman–Crippen LogP) is 2.45. The third-order valence-electron chi connectivity index (χ3n) is 3.70. The van der Waals surface area contributed by atoms with Gasteiger partial charge in [0.15, 0.2) is 5.60 Å². The maximum absolute atomic E-state index is 12.7. The Kier molecular flexibility index (Phi) is 4.02. The third kappa shape index (κ3) is 3.11. The van der Waals surface area contributed by atoms with Gasteiger partial charge in [-0.25, -0.2) is 0 Å². The van der Waals surface area contributed by atoms with Crippen LogP contribution in [0.25, 0.3) is 0 Å². The Hall–Kier alpha value is -1.58. The van der Waals surface area contributed by atoms with Crippen molar-refractivity contribution in [3.63, 3.8) is 0 Å². The molecule has 3 nitrogen and oxygen atoms in total. The van der Waals surface area contributed by atoms with Crippen molar-refractivity contribution in [3.8, 4) is 6.07 Å². The van der Waals surface area contributed by atoms with Gasteiger partial charge in [0.25, 0.3) is 0 Å². The number of aliphatic hydroxyl groups is 1. The van der Waals surface area contributed by atoms with Crippen LogP contribution in [0.3, 0.4) is 0 Å². The summed E-state index contributed by atoms with van der Waals surface area (Å²) < 4.78 is 38.0. The van der Waals surface area contributed by atoms with E-state index in [1.807, 2.05) is 11.0 Å². The van der Waals surface area contributed by atoms with Gasteiger partial charge in [-0.3, -0.25) is 4.90 Å². The molecule has 0 radical (unpaired) electrons. The van der Waals surface area contributed by atoms with Gasteiger partial charge in [0.1, 0.15) is 0 Å². The van der Waals surface area contributed by atoms with Crippen LogP contribution in [0.4, 0.5) is 13.2 Å². The molecule has 0 bridgehead atoms. The standard InChI is InChI=1S/C14H15F3N2O/c15-14(16,17)13(20)5-7-19(8-6-13)10-12-3-1-11(9-18)2-4-12/h1-4,20H,5-8,10H2. The Bertz CT molecular complexity index is 497. The van der Waals surface area contributed by atoms with E-state index in [1.165, 1.54) is 0 Å². The van der Waals surface area contributed by atoms with Gasteiger partial charge in [0.05, 0.1) is 11.6 Å². The van der Waals surface area contributed by atoms with E-state index in [9.17, 15) is 18.3 Å². The number of nitrogens with zero attached hydrogens (tertiary/aromatic N) is 2. The fourth-order valence-electron chi connectivity index (χ4n) is 2.31. The molecule has 0 amide bonds. The molecular weight excluding hydrogens is 269 g/mol. The lowest BCUT2D eigenvalue weighted by atomic mass is 9.90. The molecule has 0 saturated carbocycles. The van der Waals surface area contributed by atoms with Gasteiger partial charge < -0.3 is 5.11 Å². The van der Waals surface area contributed by atoms with E-state index < -0.39 is 11.8 Å². The second kappa shape index (κ2) is 5.43. The molecule has 1 fully saturated rings. The summed E-state index contributed by atoms with van der Waals surface area (Å²) in [5.41, 5.74) is -1.05. The zero-order valence-corrected chi connectivity index (χ0v) is 10.8. The largest absolute Gasteiger partial charge is 0.417 e. The number of hydrogen-bond acceptors (Lipinski definition) is 3. The van der Waals surface area contributed by atoms with Crippen molar-refractivity contribution in [2.75, 3.05) is 13.1 Å².